The van der Waals surface area contributed by atoms with Crippen LogP contribution in [0.25, 0.3) is 0 Å². The van der Waals surface area contributed by atoms with Gasteiger partial charge in [-0.3, -0.25) is 0 Å². The Labute approximate surface area is 109 Å². The number of halogens is 3. The van der Waals surface area contributed by atoms with Crippen LogP contribution in [-0.4, -0.2) is 4.98 Å². The average Bonchev–Trinajstić information content (AvgIpc) is 2.27. The van der Waals surface area contributed by atoms with Crippen LogP contribution in [0.3, 0.4) is 0 Å². The Hall–Kier alpha value is -0.940. The van der Waals surface area contributed by atoms with Crippen LogP contribution in [0.4, 0.5) is 15.9 Å². The summed E-state index contributed by atoms with van der Waals surface area (Å²) >= 11 is 6.63. The molecule has 0 bridgehead atoms. The Morgan fingerprint density at radius 2 is 1.94 bits per heavy atom. The van der Waals surface area contributed by atoms with Crippen molar-refractivity contribution in [3.63, 3.8) is 0 Å². The summed E-state index contributed by atoms with van der Waals surface area (Å²) in [6.07, 6.45) is 1.68. The van der Waals surface area contributed by atoms with E-state index >= 15 is 0 Å². The Morgan fingerprint density at radius 1 is 1.12 bits per heavy atom. The monoisotopic (exact) mass is 344 g/mol. The van der Waals surface area contributed by atoms with Gasteiger partial charge in [-0.25, -0.2) is 9.37 Å². The lowest BCUT2D eigenvalue weighted by Crippen LogP contribution is -1.94. The Morgan fingerprint density at radius 3 is 2.62 bits per heavy atom. The molecule has 16 heavy (non-hydrogen) atoms. The number of aromatic nitrogens is 1. The number of nitrogens with zero attached hydrogens (tertiary/aromatic N) is 1. The van der Waals surface area contributed by atoms with E-state index in [9.17, 15) is 4.39 Å². The molecular weight excluding hydrogens is 339 g/mol. The number of hydrogen-bond donors (Lipinski definition) is 1. The molecule has 0 radical (unpaired) electrons. The summed E-state index contributed by atoms with van der Waals surface area (Å²) in [6, 6.07) is 8.12. The second kappa shape index (κ2) is 4.93. The van der Waals surface area contributed by atoms with Gasteiger partial charge in [0.15, 0.2) is 0 Å². The summed E-state index contributed by atoms with van der Waals surface area (Å²) in [5.74, 6) is 0.373. The molecule has 1 heterocycles. The largest absolute Gasteiger partial charge is 0.339 e. The highest BCUT2D eigenvalue weighted by atomic mass is 79.9. The maximum absolute atomic E-state index is 13.0. The van der Waals surface area contributed by atoms with Crippen molar-refractivity contribution in [2.45, 2.75) is 0 Å². The number of hydrogen-bond acceptors (Lipinski definition) is 2. The van der Waals surface area contributed by atoms with Gasteiger partial charge in [0, 0.05) is 15.1 Å². The number of pyridine rings is 1. The zero-order chi connectivity index (χ0) is 11.5. The predicted molar refractivity (Wildman–Crippen MR) is 69.3 cm³/mol. The van der Waals surface area contributed by atoms with Crippen molar-refractivity contribution >= 4 is 43.4 Å². The minimum absolute atomic E-state index is 0.289. The number of nitrogens with one attached hydrogen (secondary N) is 1. The lowest BCUT2D eigenvalue weighted by molar-refractivity contribution is 0.628. The Bertz CT molecular complexity index is 500. The lowest BCUT2D eigenvalue weighted by Gasteiger charge is -2.07. The van der Waals surface area contributed by atoms with Gasteiger partial charge in [0.1, 0.15) is 11.6 Å². The van der Waals surface area contributed by atoms with E-state index in [1.807, 2.05) is 6.07 Å². The standard InChI is InChI=1S/C11H7Br2FN2/c12-7-1-4-11(15-6-7)16-10-5-8(14)2-3-9(10)13/h1-6H,(H,15,16). The van der Waals surface area contributed by atoms with Crippen LogP contribution in [0.5, 0.6) is 0 Å². The molecule has 2 nitrogen and oxygen atoms in total. The van der Waals surface area contributed by atoms with E-state index in [0.29, 0.717) is 11.5 Å². The number of benzene rings is 1. The quantitative estimate of drug-likeness (QED) is 0.867. The number of rotatable bonds is 2. The van der Waals surface area contributed by atoms with E-state index in [0.717, 1.165) is 8.95 Å². The maximum Gasteiger partial charge on any atom is 0.130 e. The fraction of sp³-hybridized carbons (Fsp3) is 0. The van der Waals surface area contributed by atoms with Crippen LogP contribution in [0, 0.1) is 5.82 Å². The van der Waals surface area contributed by atoms with Gasteiger partial charge < -0.3 is 5.32 Å². The smallest absolute Gasteiger partial charge is 0.130 e. The molecule has 2 aromatic rings. The number of anilines is 2. The van der Waals surface area contributed by atoms with E-state index < -0.39 is 0 Å². The fourth-order valence-corrected chi connectivity index (χ4v) is 1.76. The molecule has 0 spiro atoms. The maximum atomic E-state index is 13.0. The van der Waals surface area contributed by atoms with Crippen molar-refractivity contribution in [2.24, 2.45) is 0 Å². The normalized spacial score (nSPS) is 10.2. The third-order valence-electron chi connectivity index (χ3n) is 1.92. The van der Waals surface area contributed by atoms with Gasteiger partial charge in [0.25, 0.3) is 0 Å². The zero-order valence-corrected chi connectivity index (χ0v) is 11.2. The van der Waals surface area contributed by atoms with Gasteiger partial charge in [-0.05, 0) is 62.2 Å². The van der Waals surface area contributed by atoms with Crippen LogP contribution in [0.15, 0.2) is 45.5 Å². The topological polar surface area (TPSA) is 24.9 Å². The summed E-state index contributed by atoms with van der Waals surface area (Å²) in [5.41, 5.74) is 0.648. The zero-order valence-electron chi connectivity index (χ0n) is 8.05. The van der Waals surface area contributed by atoms with Crippen LogP contribution in [0.1, 0.15) is 0 Å². The van der Waals surface area contributed by atoms with E-state index in [-0.39, 0.29) is 5.82 Å². The molecule has 2 rings (SSSR count). The minimum atomic E-state index is -0.289. The minimum Gasteiger partial charge on any atom is -0.339 e. The lowest BCUT2D eigenvalue weighted by atomic mass is 10.3. The molecule has 0 aliphatic rings. The summed E-state index contributed by atoms with van der Waals surface area (Å²) in [7, 11) is 0. The van der Waals surface area contributed by atoms with Crippen molar-refractivity contribution in [3.8, 4) is 0 Å². The summed E-state index contributed by atoms with van der Waals surface area (Å²) in [4.78, 5) is 4.14. The SMILES string of the molecule is Fc1ccc(Br)c(Nc2ccc(Br)cn2)c1. The second-order valence-electron chi connectivity index (χ2n) is 3.11. The highest BCUT2D eigenvalue weighted by Crippen LogP contribution is 2.26. The van der Waals surface area contributed by atoms with Crippen molar-refractivity contribution in [1.29, 1.82) is 0 Å². The molecule has 0 saturated heterocycles. The molecule has 0 saturated carbocycles. The van der Waals surface area contributed by atoms with Gasteiger partial charge in [-0.2, -0.15) is 0 Å². The third-order valence-corrected chi connectivity index (χ3v) is 3.08. The summed E-state index contributed by atoms with van der Waals surface area (Å²) in [6.45, 7) is 0. The van der Waals surface area contributed by atoms with Gasteiger partial charge >= 0.3 is 0 Å². The van der Waals surface area contributed by atoms with Crippen LogP contribution in [0.2, 0.25) is 0 Å². The first-order valence-corrected chi connectivity index (χ1v) is 6.07. The van der Waals surface area contributed by atoms with Crippen molar-refractivity contribution in [3.05, 3.63) is 51.3 Å². The molecule has 0 unspecified atom stereocenters. The van der Waals surface area contributed by atoms with Crippen LogP contribution >= 0.6 is 31.9 Å². The summed E-state index contributed by atoms with van der Waals surface area (Å²) in [5, 5.41) is 3.02. The van der Waals surface area contributed by atoms with Gasteiger partial charge in [0.2, 0.25) is 0 Å². The van der Waals surface area contributed by atoms with Crippen molar-refractivity contribution in [2.75, 3.05) is 5.32 Å². The molecule has 1 aromatic carbocycles. The highest BCUT2D eigenvalue weighted by molar-refractivity contribution is 9.10. The van der Waals surface area contributed by atoms with Gasteiger partial charge in [0.05, 0.1) is 5.69 Å². The predicted octanol–water partition coefficient (Wildman–Crippen LogP) is 4.49. The fourth-order valence-electron chi connectivity index (χ4n) is 1.18. The molecule has 82 valence electrons. The summed E-state index contributed by atoms with van der Waals surface area (Å²) < 4.78 is 14.7. The van der Waals surface area contributed by atoms with Gasteiger partial charge in [-0.15, -0.1) is 0 Å². The molecule has 0 fully saturated rings. The molecule has 1 N–H and O–H groups in total. The first-order valence-electron chi connectivity index (χ1n) is 4.49. The molecule has 0 aliphatic carbocycles. The van der Waals surface area contributed by atoms with Crippen molar-refractivity contribution < 1.29 is 4.39 Å². The Kier molecular flexibility index (Phi) is 3.56. The van der Waals surface area contributed by atoms with E-state index in [4.69, 9.17) is 0 Å². The molecule has 0 aliphatic heterocycles. The molecule has 0 atom stereocenters. The third kappa shape index (κ3) is 2.80. The molecule has 5 heteroatoms. The van der Waals surface area contributed by atoms with Crippen LogP contribution < -0.4 is 5.32 Å². The molecule has 0 amide bonds. The van der Waals surface area contributed by atoms with E-state index in [2.05, 4.69) is 42.2 Å². The molecular formula is C11H7Br2FN2. The van der Waals surface area contributed by atoms with Crippen LogP contribution in [-0.2, 0) is 0 Å². The van der Waals surface area contributed by atoms with Crippen molar-refractivity contribution in [1.82, 2.24) is 4.98 Å². The Balaban J connectivity index is 2.26. The average molecular weight is 346 g/mol. The van der Waals surface area contributed by atoms with E-state index in [1.165, 1.54) is 12.1 Å². The first-order chi connectivity index (χ1) is 7.65. The van der Waals surface area contributed by atoms with E-state index in [1.54, 1.807) is 18.3 Å². The van der Waals surface area contributed by atoms with Gasteiger partial charge in [-0.1, -0.05) is 0 Å². The second-order valence-corrected chi connectivity index (χ2v) is 4.88. The molecule has 1 aromatic heterocycles. The highest BCUT2D eigenvalue weighted by Gasteiger charge is 2.02. The first kappa shape index (κ1) is 11.5.